The monoisotopic (exact) mass is 518 g/mol. The molecule has 184 valence electrons. The maximum Gasteiger partial charge on any atom is 0.264 e. The summed E-state index contributed by atoms with van der Waals surface area (Å²) in [5.74, 6) is -0.442. The third kappa shape index (κ3) is 5.78. The molecular formula is C29H27ClN2O3S. The molecule has 0 saturated heterocycles. The zero-order valence-electron chi connectivity index (χ0n) is 20.1. The van der Waals surface area contributed by atoms with E-state index in [2.05, 4.69) is 5.32 Å². The molecule has 1 atom stereocenters. The van der Waals surface area contributed by atoms with Gasteiger partial charge in [0, 0.05) is 5.02 Å². The van der Waals surface area contributed by atoms with Crippen molar-refractivity contribution >= 4 is 33.2 Å². The van der Waals surface area contributed by atoms with Gasteiger partial charge in [0.25, 0.3) is 10.0 Å². The third-order valence-corrected chi connectivity index (χ3v) is 7.95. The van der Waals surface area contributed by atoms with Crippen LogP contribution in [0.15, 0.2) is 108 Å². The number of hydrogen-bond donors (Lipinski definition) is 1. The van der Waals surface area contributed by atoms with Gasteiger partial charge in [-0.1, -0.05) is 90.0 Å². The average molecular weight is 519 g/mol. The summed E-state index contributed by atoms with van der Waals surface area (Å²) < 4.78 is 28.4. The van der Waals surface area contributed by atoms with Crippen molar-refractivity contribution in [2.75, 3.05) is 10.8 Å². The molecule has 0 aromatic heterocycles. The first-order valence-corrected chi connectivity index (χ1v) is 13.3. The molecular weight excluding hydrogens is 492 g/mol. The molecule has 1 amide bonds. The van der Waals surface area contributed by atoms with Gasteiger partial charge in [-0.05, 0) is 60.9 Å². The predicted octanol–water partition coefficient (Wildman–Crippen LogP) is 6.06. The van der Waals surface area contributed by atoms with Crippen molar-refractivity contribution in [3.05, 3.63) is 130 Å². The summed E-state index contributed by atoms with van der Waals surface area (Å²) in [4.78, 5) is 13.6. The minimum absolute atomic E-state index is 0.0967. The Balaban J connectivity index is 1.70. The number of nitrogens with zero attached hydrogens (tertiary/aromatic N) is 1. The number of anilines is 1. The van der Waals surface area contributed by atoms with Crippen molar-refractivity contribution in [2.24, 2.45) is 0 Å². The van der Waals surface area contributed by atoms with E-state index < -0.39 is 28.5 Å². The molecule has 4 aromatic carbocycles. The van der Waals surface area contributed by atoms with Crippen LogP contribution in [0.2, 0.25) is 5.02 Å². The van der Waals surface area contributed by atoms with E-state index in [9.17, 15) is 13.2 Å². The maximum atomic E-state index is 13.7. The van der Waals surface area contributed by atoms with E-state index in [1.165, 1.54) is 6.07 Å². The van der Waals surface area contributed by atoms with Crippen LogP contribution in [-0.2, 0) is 14.8 Å². The van der Waals surface area contributed by atoms with Crippen molar-refractivity contribution in [3.63, 3.8) is 0 Å². The summed E-state index contributed by atoms with van der Waals surface area (Å²) in [5, 5.41) is 3.43. The fourth-order valence-electron chi connectivity index (χ4n) is 4.02. The van der Waals surface area contributed by atoms with Crippen molar-refractivity contribution in [1.82, 2.24) is 5.32 Å². The van der Waals surface area contributed by atoms with E-state index >= 15 is 0 Å². The Bertz CT molecular complexity index is 1460. The van der Waals surface area contributed by atoms with Crippen molar-refractivity contribution in [1.29, 1.82) is 0 Å². The van der Waals surface area contributed by atoms with E-state index in [0.29, 0.717) is 10.7 Å². The number of carbonyl (C=O) groups is 1. The lowest BCUT2D eigenvalue weighted by Gasteiger charge is -2.27. The van der Waals surface area contributed by atoms with Gasteiger partial charge in [0.1, 0.15) is 6.54 Å². The fourth-order valence-corrected chi connectivity index (χ4v) is 5.61. The highest BCUT2D eigenvalue weighted by atomic mass is 35.5. The van der Waals surface area contributed by atoms with Crippen molar-refractivity contribution in [2.45, 2.75) is 24.8 Å². The molecule has 1 unspecified atom stereocenters. The minimum Gasteiger partial charge on any atom is -0.344 e. The van der Waals surface area contributed by atoms with Gasteiger partial charge in [-0.15, -0.1) is 0 Å². The average Bonchev–Trinajstić information content (AvgIpc) is 2.87. The molecule has 0 spiro atoms. The first-order valence-electron chi connectivity index (χ1n) is 11.5. The lowest BCUT2D eigenvalue weighted by atomic mass is 9.95. The molecule has 0 fully saturated rings. The minimum atomic E-state index is -4.04. The largest absolute Gasteiger partial charge is 0.344 e. The normalized spacial score (nSPS) is 12.1. The van der Waals surface area contributed by atoms with Gasteiger partial charge in [-0.25, -0.2) is 8.42 Å². The van der Waals surface area contributed by atoms with Crippen LogP contribution in [0.5, 0.6) is 0 Å². The second kappa shape index (κ2) is 11.0. The van der Waals surface area contributed by atoms with Crippen LogP contribution in [0.3, 0.4) is 0 Å². The molecule has 0 aliphatic rings. The van der Waals surface area contributed by atoms with Crippen LogP contribution in [0, 0.1) is 13.8 Å². The molecule has 0 bridgehead atoms. The molecule has 5 nitrogen and oxygen atoms in total. The summed E-state index contributed by atoms with van der Waals surface area (Å²) >= 11 is 6.18. The smallest absolute Gasteiger partial charge is 0.264 e. The Morgan fingerprint density at radius 1 is 0.861 bits per heavy atom. The van der Waals surface area contributed by atoms with E-state index in [-0.39, 0.29) is 4.90 Å². The predicted molar refractivity (Wildman–Crippen MR) is 145 cm³/mol. The lowest BCUT2D eigenvalue weighted by molar-refractivity contribution is -0.120. The highest BCUT2D eigenvalue weighted by Crippen LogP contribution is 2.28. The van der Waals surface area contributed by atoms with Crippen molar-refractivity contribution in [3.8, 4) is 0 Å². The molecule has 36 heavy (non-hydrogen) atoms. The number of nitrogens with one attached hydrogen (secondary N) is 1. The highest BCUT2D eigenvalue weighted by molar-refractivity contribution is 7.92. The summed E-state index contributed by atoms with van der Waals surface area (Å²) in [5.41, 5.74) is 4.10. The quantitative estimate of drug-likeness (QED) is 0.308. The fraction of sp³-hybridized carbons (Fsp3) is 0.138. The molecule has 7 heteroatoms. The van der Waals surface area contributed by atoms with Gasteiger partial charge in [0.05, 0.1) is 16.6 Å². The van der Waals surface area contributed by atoms with Crippen LogP contribution in [0.25, 0.3) is 0 Å². The zero-order valence-corrected chi connectivity index (χ0v) is 21.6. The van der Waals surface area contributed by atoms with Gasteiger partial charge in [-0.3, -0.25) is 9.10 Å². The molecule has 0 aliphatic carbocycles. The second-order valence-electron chi connectivity index (χ2n) is 8.57. The standard InChI is InChI=1S/C29H27ClN2O3S/c1-21-15-17-26(18-16-21)36(34,35)32(25-13-8-12-24(30)19-25)20-28(33)31-29(23-10-4-3-5-11-23)27-14-7-6-9-22(27)2/h3-19,29H,20H2,1-2H3,(H,31,33). The number of carbonyl (C=O) groups excluding carboxylic acids is 1. The lowest BCUT2D eigenvalue weighted by Crippen LogP contribution is -2.42. The summed E-state index contributed by atoms with van der Waals surface area (Å²) in [6.07, 6.45) is 0. The number of aryl methyl sites for hydroxylation is 2. The second-order valence-corrected chi connectivity index (χ2v) is 10.9. The first kappa shape index (κ1) is 25.5. The number of amides is 1. The van der Waals surface area contributed by atoms with Crippen LogP contribution in [0.1, 0.15) is 28.3 Å². The van der Waals surface area contributed by atoms with Gasteiger partial charge < -0.3 is 5.32 Å². The van der Waals surface area contributed by atoms with Gasteiger partial charge in [0.2, 0.25) is 5.91 Å². The Hall–Kier alpha value is -3.61. The first-order chi connectivity index (χ1) is 17.3. The topological polar surface area (TPSA) is 66.5 Å². The molecule has 1 N–H and O–H groups in total. The molecule has 0 radical (unpaired) electrons. The van der Waals surface area contributed by atoms with Gasteiger partial charge in [0.15, 0.2) is 0 Å². The van der Waals surface area contributed by atoms with Crippen LogP contribution < -0.4 is 9.62 Å². The zero-order chi connectivity index (χ0) is 25.7. The van der Waals surface area contributed by atoms with Crippen LogP contribution in [-0.4, -0.2) is 20.9 Å². The molecule has 4 rings (SSSR count). The van der Waals surface area contributed by atoms with Crippen LogP contribution >= 0.6 is 11.6 Å². The molecule has 0 heterocycles. The van der Waals surface area contributed by atoms with E-state index in [4.69, 9.17) is 11.6 Å². The Morgan fingerprint density at radius 3 is 2.19 bits per heavy atom. The third-order valence-electron chi connectivity index (χ3n) is 5.93. The summed E-state index contributed by atoms with van der Waals surface area (Å²) in [7, 11) is -4.04. The Kier molecular flexibility index (Phi) is 7.77. The van der Waals surface area contributed by atoms with Crippen molar-refractivity contribution < 1.29 is 13.2 Å². The molecule has 0 aliphatic heterocycles. The van der Waals surface area contributed by atoms with Gasteiger partial charge in [-0.2, -0.15) is 0 Å². The number of halogens is 1. The SMILES string of the molecule is Cc1ccc(S(=O)(=O)N(CC(=O)NC(c2ccccc2)c2ccccc2C)c2cccc(Cl)c2)cc1. The molecule has 4 aromatic rings. The Labute approximate surface area is 217 Å². The van der Waals surface area contributed by atoms with Gasteiger partial charge >= 0.3 is 0 Å². The Morgan fingerprint density at radius 2 is 1.53 bits per heavy atom. The number of benzene rings is 4. The number of hydrogen-bond acceptors (Lipinski definition) is 3. The van der Waals surface area contributed by atoms with E-state index in [1.54, 1.807) is 42.5 Å². The van der Waals surface area contributed by atoms with Crippen LogP contribution in [0.4, 0.5) is 5.69 Å². The number of sulfonamides is 1. The number of rotatable bonds is 8. The highest BCUT2D eigenvalue weighted by Gasteiger charge is 2.29. The van der Waals surface area contributed by atoms with E-state index in [0.717, 1.165) is 26.6 Å². The summed E-state index contributed by atoms with van der Waals surface area (Å²) in [6, 6.07) is 30.0. The maximum absolute atomic E-state index is 13.7. The molecule has 0 saturated carbocycles. The van der Waals surface area contributed by atoms with E-state index in [1.807, 2.05) is 68.4 Å². The summed E-state index contributed by atoms with van der Waals surface area (Å²) in [6.45, 7) is 3.46.